The Bertz CT molecular complexity index is 542. The molecule has 2 nitrogen and oxygen atoms in total. The number of aliphatic hydroxyl groups is 1. The van der Waals surface area contributed by atoms with Crippen molar-refractivity contribution in [2.75, 3.05) is 13.2 Å². The van der Waals surface area contributed by atoms with Crippen molar-refractivity contribution in [2.24, 2.45) is 0 Å². The smallest absolute Gasteiger partial charge is 0.123 e. The van der Waals surface area contributed by atoms with Crippen molar-refractivity contribution in [2.45, 2.75) is 20.0 Å². The number of nitrogens with zero attached hydrogens (tertiary/aromatic N) is 1. The molecule has 1 N–H and O–H groups in total. The predicted octanol–water partition coefficient (Wildman–Crippen LogP) is 3.13. The average Bonchev–Trinajstić information content (AvgIpc) is 2.43. The number of hydrogen-bond acceptors (Lipinski definition) is 2. The molecule has 20 heavy (non-hydrogen) atoms. The van der Waals surface area contributed by atoms with Crippen molar-refractivity contribution < 1.29 is 9.50 Å². The number of hydrogen-bond donors (Lipinski definition) is 1. The van der Waals surface area contributed by atoms with Crippen LogP contribution in [0, 0.1) is 12.7 Å². The summed E-state index contributed by atoms with van der Waals surface area (Å²) >= 11 is 0. The molecule has 3 heteroatoms. The first-order chi connectivity index (χ1) is 9.69. The van der Waals surface area contributed by atoms with E-state index >= 15 is 0 Å². The molecule has 0 atom stereocenters. The van der Waals surface area contributed by atoms with Gasteiger partial charge in [0.15, 0.2) is 0 Å². The fraction of sp³-hybridized carbons (Fsp3) is 0.294. The number of rotatable bonds is 6. The van der Waals surface area contributed by atoms with Gasteiger partial charge in [-0.1, -0.05) is 36.4 Å². The van der Waals surface area contributed by atoms with Crippen LogP contribution in [0.3, 0.4) is 0 Å². The molecular formula is C17H20FNO. The largest absolute Gasteiger partial charge is 0.395 e. The molecule has 0 heterocycles. The van der Waals surface area contributed by atoms with Gasteiger partial charge in [0.2, 0.25) is 0 Å². The van der Waals surface area contributed by atoms with Crippen molar-refractivity contribution in [3.8, 4) is 0 Å². The molecular weight excluding hydrogens is 253 g/mol. The van der Waals surface area contributed by atoms with Crippen molar-refractivity contribution in [3.05, 3.63) is 71.0 Å². The van der Waals surface area contributed by atoms with E-state index in [1.807, 2.05) is 31.2 Å². The van der Waals surface area contributed by atoms with E-state index in [-0.39, 0.29) is 12.4 Å². The molecule has 0 amide bonds. The SMILES string of the molecule is Cc1cc(F)ccc1CN(CCO)Cc1ccccc1. The van der Waals surface area contributed by atoms with Gasteiger partial charge in [-0.2, -0.15) is 0 Å². The molecule has 0 fully saturated rings. The second-order valence-corrected chi connectivity index (χ2v) is 4.99. The van der Waals surface area contributed by atoms with E-state index < -0.39 is 0 Å². The van der Waals surface area contributed by atoms with Crippen molar-refractivity contribution >= 4 is 0 Å². The van der Waals surface area contributed by atoms with Crippen molar-refractivity contribution in [1.29, 1.82) is 0 Å². The maximum absolute atomic E-state index is 13.1. The van der Waals surface area contributed by atoms with Gasteiger partial charge in [0, 0.05) is 19.6 Å². The Morgan fingerprint density at radius 1 is 1.05 bits per heavy atom. The van der Waals surface area contributed by atoms with Crippen molar-refractivity contribution in [3.63, 3.8) is 0 Å². The summed E-state index contributed by atoms with van der Waals surface area (Å²) in [6.07, 6.45) is 0. The zero-order chi connectivity index (χ0) is 14.4. The summed E-state index contributed by atoms with van der Waals surface area (Å²) in [5.74, 6) is -0.206. The summed E-state index contributed by atoms with van der Waals surface area (Å²) in [7, 11) is 0. The van der Waals surface area contributed by atoms with Gasteiger partial charge in [0.05, 0.1) is 6.61 Å². The van der Waals surface area contributed by atoms with Crippen molar-refractivity contribution in [1.82, 2.24) is 4.90 Å². The molecule has 2 rings (SSSR count). The van der Waals surface area contributed by atoms with Crippen LogP contribution in [0.25, 0.3) is 0 Å². The zero-order valence-corrected chi connectivity index (χ0v) is 11.7. The van der Waals surface area contributed by atoms with Crippen LogP contribution in [-0.2, 0) is 13.1 Å². The van der Waals surface area contributed by atoms with Crippen LogP contribution < -0.4 is 0 Å². The second kappa shape index (κ2) is 7.17. The highest BCUT2D eigenvalue weighted by atomic mass is 19.1. The minimum atomic E-state index is -0.206. The summed E-state index contributed by atoms with van der Waals surface area (Å²) in [5, 5.41) is 9.20. The molecule has 0 saturated heterocycles. The summed E-state index contributed by atoms with van der Waals surface area (Å²) in [5.41, 5.74) is 3.25. The Morgan fingerprint density at radius 2 is 1.80 bits per heavy atom. The zero-order valence-electron chi connectivity index (χ0n) is 11.7. The normalized spacial score (nSPS) is 11.0. The third-order valence-electron chi connectivity index (χ3n) is 3.36. The Balaban J connectivity index is 2.09. The lowest BCUT2D eigenvalue weighted by Gasteiger charge is -2.22. The molecule has 0 aliphatic rings. The fourth-order valence-electron chi connectivity index (χ4n) is 2.27. The topological polar surface area (TPSA) is 23.5 Å². The van der Waals surface area contributed by atoms with E-state index in [1.165, 1.54) is 11.6 Å². The second-order valence-electron chi connectivity index (χ2n) is 4.99. The van der Waals surface area contributed by atoms with Crippen LogP contribution >= 0.6 is 0 Å². The van der Waals surface area contributed by atoms with Crippen LogP contribution in [0.4, 0.5) is 4.39 Å². The number of benzene rings is 2. The summed E-state index contributed by atoms with van der Waals surface area (Å²) in [4.78, 5) is 2.16. The molecule has 0 aliphatic carbocycles. The van der Waals surface area contributed by atoms with E-state index in [0.717, 1.165) is 17.7 Å². The summed E-state index contributed by atoms with van der Waals surface area (Å²) in [6, 6.07) is 15.0. The highest BCUT2D eigenvalue weighted by Gasteiger charge is 2.08. The van der Waals surface area contributed by atoms with E-state index in [9.17, 15) is 9.50 Å². The number of aliphatic hydroxyl groups excluding tert-OH is 1. The van der Waals surface area contributed by atoms with Crippen LogP contribution in [-0.4, -0.2) is 23.2 Å². The Morgan fingerprint density at radius 3 is 2.45 bits per heavy atom. The molecule has 2 aromatic carbocycles. The lowest BCUT2D eigenvalue weighted by atomic mass is 10.1. The molecule has 0 saturated carbocycles. The Kier molecular flexibility index (Phi) is 5.27. The molecule has 0 aromatic heterocycles. The fourth-order valence-corrected chi connectivity index (χ4v) is 2.27. The van der Waals surface area contributed by atoms with E-state index in [0.29, 0.717) is 13.1 Å². The lowest BCUT2D eigenvalue weighted by Crippen LogP contribution is -2.26. The standard InChI is InChI=1S/C17H20FNO/c1-14-11-17(18)8-7-16(14)13-19(9-10-20)12-15-5-3-2-4-6-15/h2-8,11,20H,9-10,12-13H2,1H3. The maximum Gasteiger partial charge on any atom is 0.123 e. The first-order valence-electron chi connectivity index (χ1n) is 6.81. The quantitative estimate of drug-likeness (QED) is 0.874. The average molecular weight is 273 g/mol. The first-order valence-corrected chi connectivity index (χ1v) is 6.81. The van der Waals surface area contributed by atoms with Gasteiger partial charge in [-0.05, 0) is 35.7 Å². The van der Waals surface area contributed by atoms with Gasteiger partial charge in [0.1, 0.15) is 5.82 Å². The minimum absolute atomic E-state index is 0.118. The van der Waals surface area contributed by atoms with Crippen LogP contribution in [0.1, 0.15) is 16.7 Å². The van der Waals surface area contributed by atoms with E-state index in [4.69, 9.17) is 0 Å². The summed E-state index contributed by atoms with van der Waals surface area (Å²) < 4.78 is 13.1. The third-order valence-corrected chi connectivity index (χ3v) is 3.36. The number of halogens is 1. The predicted molar refractivity (Wildman–Crippen MR) is 78.8 cm³/mol. The lowest BCUT2D eigenvalue weighted by molar-refractivity contribution is 0.184. The van der Waals surface area contributed by atoms with Gasteiger partial charge >= 0.3 is 0 Å². The highest BCUT2D eigenvalue weighted by molar-refractivity contribution is 5.26. The molecule has 0 spiro atoms. The van der Waals surface area contributed by atoms with Crippen LogP contribution in [0.15, 0.2) is 48.5 Å². The van der Waals surface area contributed by atoms with Gasteiger partial charge < -0.3 is 5.11 Å². The molecule has 2 aromatic rings. The molecule has 0 aliphatic heterocycles. The monoisotopic (exact) mass is 273 g/mol. The molecule has 0 unspecified atom stereocenters. The maximum atomic E-state index is 13.1. The molecule has 0 bridgehead atoms. The van der Waals surface area contributed by atoms with Gasteiger partial charge in [0.25, 0.3) is 0 Å². The van der Waals surface area contributed by atoms with Gasteiger partial charge in [-0.3, -0.25) is 4.90 Å². The third kappa shape index (κ3) is 4.15. The van der Waals surface area contributed by atoms with Gasteiger partial charge in [-0.25, -0.2) is 4.39 Å². The van der Waals surface area contributed by atoms with Crippen LogP contribution in [0.2, 0.25) is 0 Å². The molecule has 0 radical (unpaired) electrons. The van der Waals surface area contributed by atoms with Gasteiger partial charge in [-0.15, -0.1) is 0 Å². The number of aryl methyl sites for hydroxylation is 1. The van der Waals surface area contributed by atoms with E-state index in [1.54, 1.807) is 6.07 Å². The highest BCUT2D eigenvalue weighted by Crippen LogP contribution is 2.14. The van der Waals surface area contributed by atoms with Crippen LogP contribution in [0.5, 0.6) is 0 Å². The Labute approximate surface area is 119 Å². The van der Waals surface area contributed by atoms with E-state index in [2.05, 4.69) is 17.0 Å². The Hall–Kier alpha value is -1.71. The first kappa shape index (κ1) is 14.7. The summed E-state index contributed by atoms with van der Waals surface area (Å²) in [6.45, 7) is 4.12. The minimum Gasteiger partial charge on any atom is -0.395 e. The molecule has 106 valence electrons.